The second-order valence-corrected chi connectivity index (χ2v) is 7.80. The standard InChI is InChI=1S/C17H18ClFN2O4S/c1-10-7-13(18)8-11(2)16(10)25-12(3)17(22)20-21-26(23,24)15-6-4-5-14(19)9-15/h4-9,12,21H,1-3H3,(H,20,22)/t12-/m1/s1. The molecule has 0 fully saturated rings. The van der Waals surface area contributed by atoms with Crippen molar-refractivity contribution >= 4 is 27.5 Å². The van der Waals surface area contributed by atoms with E-state index in [2.05, 4.69) is 5.43 Å². The van der Waals surface area contributed by atoms with Gasteiger partial charge in [0.15, 0.2) is 6.10 Å². The molecule has 0 aliphatic carbocycles. The van der Waals surface area contributed by atoms with Crippen LogP contribution < -0.4 is 15.0 Å². The minimum Gasteiger partial charge on any atom is -0.480 e. The molecule has 1 atom stereocenters. The van der Waals surface area contributed by atoms with Crippen LogP contribution >= 0.6 is 11.6 Å². The molecule has 2 rings (SSSR count). The first kappa shape index (κ1) is 20.2. The van der Waals surface area contributed by atoms with Gasteiger partial charge >= 0.3 is 0 Å². The maximum absolute atomic E-state index is 13.2. The number of nitrogens with one attached hydrogen (secondary N) is 2. The number of carbonyl (C=O) groups excluding carboxylic acids is 1. The maximum atomic E-state index is 13.2. The second kappa shape index (κ2) is 8.03. The molecule has 0 saturated carbocycles. The first-order valence-electron chi connectivity index (χ1n) is 7.61. The van der Waals surface area contributed by atoms with Gasteiger partial charge in [-0.15, -0.1) is 4.83 Å². The molecule has 1 amide bonds. The molecule has 0 aliphatic heterocycles. The van der Waals surface area contributed by atoms with E-state index < -0.39 is 27.9 Å². The molecule has 140 valence electrons. The van der Waals surface area contributed by atoms with Crippen LogP contribution in [0.3, 0.4) is 0 Å². The molecular weight excluding hydrogens is 383 g/mol. The van der Waals surface area contributed by atoms with Gasteiger partial charge in [-0.3, -0.25) is 10.2 Å². The summed E-state index contributed by atoms with van der Waals surface area (Å²) in [6.07, 6.45) is -0.983. The van der Waals surface area contributed by atoms with Crippen molar-refractivity contribution in [1.82, 2.24) is 10.3 Å². The number of carbonyl (C=O) groups is 1. The van der Waals surface area contributed by atoms with Crippen molar-refractivity contribution in [1.29, 1.82) is 0 Å². The van der Waals surface area contributed by atoms with E-state index in [1.54, 1.807) is 26.0 Å². The fourth-order valence-corrected chi connectivity index (χ4v) is 3.43. The molecule has 0 heterocycles. The van der Waals surface area contributed by atoms with Crippen LogP contribution in [0.2, 0.25) is 5.02 Å². The van der Waals surface area contributed by atoms with Crippen molar-refractivity contribution in [2.45, 2.75) is 31.8 Å². The van der Waals surface area contributed by atoms with E-state index in [1.165, 1.54) is 19.1 Å². The highest BCUT2D eigenvalue weighted by atomic mass is 35.5. The van der Waals surface area contributed by atoms with Gasteiger partial charge in [-0.05, 0) is 62.2 Å². The van der Waals surface area contributed by atoms with Crippen molar-refractivity contribution < 1.29 is 22.3 Å². The summed E-state index contributed by atoms with van der Waals surface area (Å²) < 4.78 is 42.9. The van der Waals surface area contributed by atoms with Gasteiger partial charge in [0.2, 0.25) is 0 Å². The maximum Gasteiger partial charge on any atom is 0.275 e. The lowest BCUT2D eigenvalue weighted by Crippen LogP contribution is -2.47. The smallest absolute Gasteiger partial charge is 0.275 e. The highest BCUT2D eigenvalue weighted by Gasteiger charge is 2.21. The molecule has 0 spiro atoms. The number of hydrogen-bond donors (Lipinski definition) is 2. The van der Waals surface area contributed by atoms with Crippen LogP contribution in [-0.4, -0.2) is 20.4 Å². The summed E-state index contributed by atoms with van der Waals surface area (Å²) in [6, 6.07) is 7.81. The lowest BCUT2D eigenvalue weighted by atomic mass is 10.1. The highest BCUT2D eigenvalue weighted by Crippen LogP contribution is 2.27. The van der Waals surface area contributed by atoms with Crippen LogP contribution in [0.15, 0.2) is 41.3 Å². The topological polar surface area (TPSA) is 84.5 Å². The Bertz CT molecular complexity index is 911. The molecule has 0 radical (unpaired) electrons. The van der Waals surface area contributed by atoms with Crippen molar-refractivity contribution in [2.75, 3.05) is 0 Å². The number of aryl methyl sites for hydroxylation is 2. The molecule has 0 saturated heterocycles. The molecular formula is C17H18ClFN2O4S. The Labute approximate surface area is 156 Å². The van der Waals surface area contributed by atoms with E-state index in [9.17, 15) is 17.6 Å². The molecule has 0 bridgehead atoms. The number of hydrogen-bond acceptors (Lipinski definition) is 4. The average molecular weight is 401 g/mol. The minimum absolute atomic E-state index is 0.309. The fourth-order valence-electron chi connectivity index (χ4n) is 2.23. The highest BCUT2D eigenvalue weighted by molar-refractivity contribution is 7.89. The molecule has 26 heavy (non-hydrogen) atoms. The van der Waals surface area contributed by atoms with Crippen molar-refractivity contribution in [3.8, 4) is 5.75 Å². The summed E-state index contributed by atoms with van der Waals surface area (Å²) in [6.45, 7) is 5.04. The van der Waals surface area contributed by atoms with E-state index in [-0.39, 0.29) is 4.90 Å². The van der Waals surface area contributed by atoms with Crippen LogP contribution in [0.1, 0.15) is 18.1 Å². The second-order valence-electron chi connectivity index (χ2n) is 5.68. The van der Waals surface area contributed by atoms with Gasteiger partial charge < -0.3 is 4.74 Å². The molecule has 6 nitrogen and oxygen atoms in total. The minimum atomic E-state index is -4.10. The van der Waals surface area contributed by atoms with Gasteiger partial charge in [-0.25, -0.2) is 12.8 Å². The van der Waals surface area contributed by atoms with E-state index >= 15 is 0 Å². The summed E-state index contributed by atoms with van der Waals surface area (Å²) >= 11 is 5.95. The molecule has 0 aromatic heterocycles. The SMILES string of the molecule is Cc1cc(Cl)cc(C)c1O[C@H](C)C(=O)NNS(=O)(=O)c1cccc(F)c1. The predicted molar refractivity (Wildman–Crippen MR) is 95.9 cm³/mol. The predicted octanol–water partition coefficient (Wildman–Crippen LogP) is 2.87. The first-order chi connectivity index (χ1) is 12.1. The van der Waals surface area contributed by atoms with E-state index in [0.29, 0.717) is 10.8 Å². The van der Waals surface area contributed by atoms with Gasteiger partial charge in [-0.2, -0.15) is 0 Å². The van der Waals surface area contributed by atoms with Crippen LogP contribution in [0.25, 0.3) is 0 Å². The Balaban J connectivity index is 2.04. The Morgan fingerprint density at radius 2 is 1.81 bits per heavy atom. The third-order valence-corrected chi connectivity index (χ3v) is 4.97. The quantitative estimate of drug-likeness (QED) is 0.730. The van der Waals surface area contributed by atoms with Crippen LogP contribution in [0, 0.1) is 19.7 Å². The summed E-state index contributed by atoms with van der Waals surface area (Å²) in [5, 5.41) is 0.548. The van der Waals surface area contributed by atoms with E-state index in [1.807, 2.05) is 4.83 Å². The lowest BCUT2D eigenvalue weighted by Gasteiger charge is -2.18. The number of benzene rings is 2. The molecule has 0 unspecified atom stereocenters. The van der Waals surface area contributed by atoms with Crippen LogP contribution in [0.5, 0.6) is 5.75 Å². The zero-order chi connectivity index (χ0) is 19.5. The number of rotatable bonds is 6. The summed E-state index contributed by atoms with van der Waals surface area (Å²) in [5.41, 5.74) is 3.55. The molecule has 2 N–H and O–H groups in total. The van der Waals surface area contributed by atoms with E-state index in [0.717, 1.165) is 23.3 Å². The fraction of sp³-hybridized carbons (Fsp3) is 0.235. The summed E-state index contributed by atoms with van der Waals surface area (Å²) in [7, 11) is -4.10. The Morgan fingerprint density at radius 1 is 1.19 bits per heavy atom. The van der Waals surface area contributed by atoms with Gasteiger partial charge in [0.25, 0.3) is 15.9 Å². The molecule has 9 heteroatoms. The number of halogens is 2. The number of sulfonamides is 1. The van der Waals surface area contributed by atoms with Gasteiger partial charge in [-0.1, -0.05) is 17.7 Å². The van der Waals surface area contributed by atoms with Crippen molar-refractivity contribution in [3.05, 3.63) is 58.4 Å². The Morgan fingerprint density at radius 3 is 2.38 bits per heavy atom. The van der Waals surface area contributed by atoms with Gasteiger partial charge in [0, 0.05) is 5.02 Å². The van der Waals surface area contributed by atoms with Gasteiger partial charge in [0.05, 0.1) is 4.90 Å². The average Bonchev–Trinajstić information content (AvgIpc) is 2.55. The normalized spacial score (nSPS) is 12.5. The largest absolute Gasteiger partial charge is 0.480 e. The Kier molecular flexibility index (Phi) is 6.22. The zero-order valence-corrected chi connectivity index (χ0v) is 15.9. The Hall–Kier alpha value is -2.16. The third kappa shape index (κ3) is 4.94. The first-order valence-corrected chi connectivity index (χ1v) is 9.47. The van der Waals surface area contributed by atoms with Crippen LogP contribution in [-0.2, 0) is 14.8 Å². The summed E-state index contributed by atoms with van der Waals surface area (Å²) in [4.78, 5) is 13.7. The molecule has 2 aromatic rings. The molecule has 0 aliphatic rings. The number of ether oxygens (including phenoxy) is 1. The number of amides is 1. The molecule has 2 aromatic carbocycles. The van der Waals surface area contributed by atoms with Crippen molar-refractivity contribution in [2.24, 2.45) is 0 Å². The van der Waals surface area contributed by atoms with E-state index in [4.69, 9.17) is 16.3 Å². The lowest BCUT2D eigenvalue weighted by molar-refractivity contribution is -0.127. The summed E-state index contributed by atoms with van der Waals surface area (Å²) in [5.74, 6) is -0.923. The zero-order valence-electron chi connectivity index (χ0n) is 14.3. The monoisotopic (exact) mass is 400 g/mol. The van der Waals surface area contributed by atoms with Crippen molar-refractivity contribution in [3.63, 3.8) is 0 Å². The van der Waals surface area contributed by atoms with Gasteiger partial charge in [0.1, 0.15) is 11.6 Å². The van der Waals surface area contributed by atoms with Crippen LogP contribution in [0.4, 0.5) is 4.39 Å². The number of hydrazine groups is 1. The third-order valence-electron chi connectivity index (χ3n) is 3.50.